The van der Waals surface area contributed by atoms with Crippen LogP contribution in [0.15, 0.2) is 35.7 Å². The molecular formula is C16H15NO2S. The van der Waals surface area contributed by atoms with Crippen molar-refractivity contribution in [3.63, 3.8) is 0 Å². The van der Waals surface area contributed by atoms with Crippen molar-refractivity contribution in [1.29, 1.82) is 0 Å². The number of para-hydroxylation sites is 1. The summed E-state index contributed by atoms with van der Waals surface area (Å²) in [5.41, 5.74) is 2.40. The van der Waals surface area contributed by atoms with E-state index < -0.39 is 0 Å². The molecule has 4 heteroatoms. The Labute approximate surface area is 121 Å². The van der Waals surface area contributed by atoms with Crippen molar-refractivity contribution in [1.82, 2.24) is 0 Å². The number of aryl methyl sites for hydroxylation is 1. The average molecular weight is 285 g/mol. The van der Waals surface area contributed by atoms with Crippen LogP contribution in [0.2, 0.25) is 0 Å². The molecule has 2 aromatic rings. The number of anilines is 1. The Morgan fingerprint density at radius 2 is 2.05 bits per heavy atom. The minimum absolute atomic E-state index is 0.000324. The van der Waals surface area contributed by atoms with Crippen LogP contribution >= 0.6 is 11.3 Å². The van der Waals surface area contributed by atoms with E-state index in [2.05, 4.69) is 0 Å². The first-order chi connectivity index (χ1) is 9.68. The Kier molecular flexibility index (Phi) is 3.40. The highest BCUT2D eigenvalue weighted by atomic mass is 32.1. The van der Waals surface area contributed by atoms with Crippen LogP contribution in [0.25, 0.3) is 0 Å². The summed E-state index contributed by atoms with van der Waals surface area (Å²) in [4.78, 5) is 27.3. The van der Waals surface area contributed by atoms with E-state index in [-0.39, 0.29) is 11.7 Å². The fourth-order valence-corrected chi connectivity index (χ4v) is 3.40. The summed E-state index contributed by atoms with van der Waals surface area (Å²) in [5.74, 6) is 0.124. The van der Waals surface area contributed by atoms with Crippen LogP contribution in [0.5, 0.6) is 0 Å². The number of ketones is 1. The maximum absolute atomic E-state index is 12.7. The number of nitrogens with zero attached hydrogens (tertiary/aromatic N) is 1. The van der Waals surface area contributed by atoms with E-state index in [1.54, 1.807) is 4.90 Å². The summed E-state index contributed by atoms with van der Waals surface area (Å²) >= 11 is 1.46. The molecule has 2 heterocycles. The lowest BCUT2D eigenvalue weighted by Gasteiger charge is -2.22. The second-order valence-corrected chi connectivity index (χ2v) is 5.85. The number of Topliss-reactive ketones (excluding diaryl/α,β-unsaturated/α-hetero) is 1. The fraction of sp³-hybridized carbons (Fsp3) is 0.250. The maximum atomic E-state index is 12.7. The average Bonchev–Trinajstić information content (AvgIpc) is 2.81. The Hall–Kier alpha value is -1.94. The van der Waals surface area contributed by atoms with Gasteiger partial charge in [-0.3, -0.25) is 9.59 Å². The number of amides is 1. The highest BCUT2D eigenvalue weighted by molar-refractivity contribution is 7.12. The minimum atomic E-state index is -0.000324. The molecule has 0 unspecified atom stereocenters. The SMILES string of the molecule is Cc1ccsc1C(=O)N1CCCC(=O)c2ccccc21. The van der Waals surface area contributed by atoms with Crippen molar-refractivity contribution in [2.75, 3.05) is 11.4 Å². The second kappa shape index (κ2) is 5.21. The standard InChI is InChI=1S/C16H15NO2S/c1-11-8-10-20-15(11)16(19)17-9-4-7-14(18)12-5-2-3-6-13(12)17/h2-3,5-6,8,10H,4,7,9H2,1H3. The first-order valence-electron chi connectivity index (χ1n) is 6.66. The van der Waals surface area contributed by atoms with Gasteiger partial charge in [-0.1, -0.05) is 12.1 Å². The summed E-state index contributed by atoms with van der Waals surface area (Å²) in [7, 11) is 0. The van der Waals surface area contributed by atoms with Gasteiger partial charge in [0.1, 0.15) is 0 Å². The lowest BCUT2D eigenvalue weighted by molar-refractivity contribution is 0.0975. The molecule has 0 atom stereocenters. The van der Waals surface area contributed by atoms with E-state index in [1.165, 1.54) is 11.3 Å². The van der Waals surface area contributed by atoms with E-state index in [0.29, 0.717) is 24.9 Å². The molecule has 102 valence electrons. The molecule has 1 aliphatic heterocycles. The van der Waals surface area contributed by atoms with Gasteiger partial charge in [0.25, 0.3) is 5.91 Å². The van der Waals surface area contributed by atoms with Crippen molar-refractivity contribution >= 4 is 28.7 Å². The van der Waals surface area contributed by atoms with Crippen LogP contribution < -0.4 is 4.90 Å². The van der Waals surface area contributed by atoms with Crippen LogP contribution in [0.1, 0.15) is 38.4 Å². The molecule has 0 saturated carbocycles. The molecule has 1 aromatic carbocycles. The van der Waals surface area contributed by atoms with Gasteiger partial charge in [0.05, 0.1) is 10.6 Å². The number of hydrogen-bond acceptors (Lipinski definition) is 3. The summed E-state index contributed by atoms with van der Waals surface area (Å²) in [6.45, 7) is 2.54. The molecule has 0 bridgehead atoms. The van der Waals surface area contributed by atoms with Gasteiger partial charge >= 0.3 is 0 Å². The molecule has 0 N–H and O–H groups in total. The van der Waals surface area contributed by atoms with E-state index in [9.17, 15) is 9.59 Å². The number of rotatable bonds is 1. The third-order valence-electron chi connectivity index (χ3n) is 3.58. The van der Waals surface area contributed by atoms with E-state index in [1.807, 2.05) is 42.6 Å². The number of carbonyl (C=O) groups is 2. The Morgan fingerprint density at radius 3 is 2.80 bits per heavy atom. The third-order valence-corrected chi connectivity index (χ3v) is 4.59. The predicted octanol–water partition coefficient (Wildman–Crippen LogP) is 3.68. The van der Waals surface area contributed by atoms with Crippen LogP contribution in [0.4, 0.5) is 5.69 Å². The monoisotopic (exact) mass is 285 g/mol. The van der Waals surface area contributed by atoms with Gasteiger partial charge in [0.2, 0.25) is 0 Å². The number of hydrogen-bond donors (Lipinski definition) is 0. The molecule has 0 spiro atoms. The topological polar surface area (TPSA) is 37.4 Å². The van der Waals surface area contributed by atoms with Crippen molar-refractivity contribution in [3.05, 3.63) is 51.7 Å². The number of thiophene rings is 1. The van der Waals surface area contributed by atoms with Crippen molar-refractivity contribution in [2.45, 2.75) is 19.8 Å². The quantitative estimate of drug-likeness (QED) is 0.801. The van der Waals surface area contributed by atoms with Crippen molar-refractivity contribution in [2.24, 2.45) is 0 Å². The highest BCUT2D eigenvalue weighted by Gasteiger charge is 2.26. The van der Waals surface area contributed by atoms with Gasteiger partial charge in [-0.2, -0.15) is 0 Å². The Balaban J connectivity index is 2.06. The molecule has 20 heavy (non-hydrogen) atoms. The van der Waals surface area contributed by atoms with Crippen LogP contribution in [-0.2, 0) is 0 Å². The van der Waals surface area contributed by atoms with Crippen molar-refractivity contribution in [3.8, 4) is 0 Å². The molecule has 1 aromatic heterocycles. The lowest BCUT2D eigenvalue weighted by atomic mass is 10.1. The molecule has 1 amide bonds. The lowest BCUT2D eigenvalue weighted by Crippen LogP contribution is -2.31. The molecule has 0 saturated heterocycles. The van der Waals surface area contributed by atoms with Gasteiger partial charge in [-0.05, 0) is 42.5 Å². The summed E-state index contributed by atoms with van der Waals surface area (Å²) < 4.78 is 0. The predicted molar refractivity (Wildman–Crippen MR) is 80.7 cm³/mol. The van der Waals surface area contributed by atoms with Gasteiger partial charge in [-0.25, -0.2) is 0 Å². The molecule has 3 nitrogen and oxygen atoms in total. The van der Waals surface area contributed by atoms with Crippen molar-refractivity contribution < 1.29 is 9.59 Å². The number of benzene rings is 1. The smallest absolute Gasteiger partial charge is 0.268 e. The molecular weight excluding hydrogens is 270 g/mol. The molecule has 0 fully saturated rings. The van der Waals surface area contributed by atoms with Gasteiger partial charge < -0.3 is 4.90 Å². The van der Waals surface area contributed by atoms with E-state index in [4.69, 9.17) is 0 Å². The second-order valence-electron chi connectivity index (χ2n) is 4.93. The third kappa shape index (κ3) is 2.16. The molecule has 0 radical (unpaired) electrons. The fourth-order valence-electron chi connectivity index (χ4n) is 2.52. The zero-order valence-electron chi connectivity index (χ0n) is 11.3. The molecule has 3 rings (SSSR count). The highest BCUT2D eigenvalue weighted by Crippen LogP contribution is 2.29. The van der Waals surface area contributed by atoms with E-state index >= 15 is 0 Å². The zero-order chi connectivity index (χ0) is 14.1. The molecule has 0 aliphatic carbocycles. The largest absolute Gasteiger partial charge is 0.307 e. The Morgan fingerprint density at radius 1 is 1.25 bits per heavy atom. The van der Waals surface area contributed by atoms with E-state index in [0.717, 1.165) is 16.1 Å². The minimum Gasteiger partial charge on any atom is -0.307 e. The van der Waals surface area contributed by atoms with Gasteiger partial charge in [0, 0.05) is 18.5 Å². The van der Waals surface area contributed by atoms with Crippen LogP contribution in [0.3, 0.4) is 0 Å². The summed E-state index contributed by atoms with van der Waals surface area (Å²) in [6.07, 6.45) is 1.22. The zero-order valence-corrected chi connectivity index (χ0v) is 12.1. The number of carbonyl (C=O) groups excluding carboxylic acids is 2. The van der Waals surface area contributed by atoms with Gasteiger partial charge in [0.15, 0.2) is 5.78 Å². The number of fused-ring (bicyclic) bond motifs is 1. The first-order valence-corrected chi connectivity index (χ1v) is 7.54. The van der Waals surface area contributed by atoms with Gasteiger partial charge in [-0.15, -0.1) is 11.3 Å². The summed E-state index contributed by atoms with van der Waals surface area (Å²) in [5, 5.41) is 1.93. The van der Waals surface area contributed by atoms with Crippen LogP contribution in [0, 0.1) is 6.92 Å². The molecule has 1 aliphatic rings. The maximum Gasteiger partial charge on any atom is 0.268 e. The Bertz CT molecular complexity index is 675. The normalized spacial score (nSPS) is 14.8. The first kappa shape index (κ1) is 13.1. The summed E-state index contributed by atoms with van der Waals surface area (Å²) in [6, 6.07) is 9.34. The van der Waals surface area contributed by atoms with Crippen LogP contribution in [-0.4, -0.2) is 18.2 Å².